The molecule has 0 heteroatoms. The van der Waals surface area contributed by atoms with Gasteiger partial charge in [-0.25, -0.2) is 0 Å². The topological polar surface area (TPSA) is 0 Å². The molecule has 0 aliphatic heterocycles. The Hall–Kier alpha value is 0. The van der Waals surface area contributed by atoms with E-state index in [1.165, 1.54) is 19.3 Å². The smallest absolute Gasteiger partial charge is 0.0383 e. The van der Waals surface area contributed by atoms with Crippen molar-refractivity contribution in [3.63, 3.8) is 0 Å². The van der Waals surface area contributed by atoms with Crippen LogP contribution in [0.2, 0.25) is 0 Å². The summed E-state index contributed by atoms with van der Waals surface area (Å²) >= 11 is 0. The van der Waals surface area contributed by atoms with E-state index in [0.717, 1.165) is 5.92 Å². The standard InChI is InChI=1S/C10H22.C2H6/c1-9(2)7-6-8-10(3,4)5;1-2/h9H,6-8H2,1-5H3;1-2H3. The van der Waals surface area contributed by atoms with E-state index in [2.05, 4.69) is 34.6 Å². The Labute approximate surface area is 79.8 Å². The molecule has 0 amide bonds. The second kappa shape index (κ2) is 7.64. The maximum absolute atomic E-state index is 2.31. The van der Waals surface area contributed by atoms with Gasteiger partial charge in [0, 0.05) is 0 Å². The van der Waals surface area contributed by atoms with Crippen molar-refractivity contribution < 1.29 is 0 Å². The van der Waals surface area contributed by atoms with Gasteiger partial charge in [-0.05, 0) is 17.8 Å². The van der Waals surface area contributed by atoms with Gasteiger partial charge in [-0.1, -0.05) is 61.3 Å². The quantitative estimate of drug-likeness (QED) is 0.569. The largest absolute Gasteiger partial charge is 0.0683 e. The third-order valence-electron chi connectivity index (χ3n) is 1.71. The maximum Gasteiger partial charge on any atom is -0.0383 e. The molecule has 0 aliphatic carbocycles. The molecule has 0 heterocycles. The van der Waals surface area contributed by atoms with Gasteiger partial charge in [-0.15, -0.1) is 0 Å². The minimum Gasteiger partial charge on any atom is -0.0683 e. The monoisotopic (exact) mass is 172 g/mol. The summed E-state index contributed by atoms with van der Waals surface area (Å²) in [6.45, 7) is 15.5. The lowest BCUT2D eigenvalue weighted by Crippen LogP contribution is -2.04. The summed E-state index contributed by atoms with van der Waals surface area (Å²) < 4.78 is 0. The highest BCUT2D eigenvalue weighted by atomic mass is 14.1. The summed E-state index contributed by atoms with van der Waals surface area (Å²) in [5.41, 5.74) is 0.537. The summed E-state index contributed by atoms with van der Waals surface area (Å²) in [6.07, 6.45) is 4.14. The fourth-order valence-corrected chi connectivity index (χ4v) is 1.04. The van der Waals surface area contributed by atoms with Gasteiger partial charge in [0.05, 0.1) is 0 Å². The molecule has 0 aromatic carbocycles. The number of hydrogen-bond acceptors (Lipinski definition) is 0. The predicted octanol–water partition coefficient (Wildman–Crippen LogP) is 4.89. The van der Waals surface area contributed by atoms with Gasteiger partial charge in [-0.2, -0.15) is 0 Å². The molecule has 0 atom stereocenters. The first-order valence-electron chi connectivity index (χ1n) is 5.42. The molecule has 0 rings (SSSR count). The fraction of sp³-hybridized carbons (Fsp3) is 1.00. The second-order valence-electron chi connectivity index (χ2n) is 4.85. The van der Waals surface area contributed by atoms with Crippen LogP contribution in [-0.4, -0.2) is 0 Å². The molecule has 0 unspecified atom stereocenters. The maximum atomic E-state index is 2.31. The van der Waals surface area contributed by atoms with Gasteiger partial charge in [0.15, 0.2) is 0 Å². The van der Waals surface area contributed by atoms with Crippen molar-refractivity contribution >= 4 is 0 Å². The van der Waals surface area contributed by atoms with Gasteiger partial charge < -0.3 is 0 Å². The van der Waals surface area contributed by atoms with E-state index in [9.17, 15) is 0 Å². The van der Waals surface area contributed by atoms with Crippen molar-refractivity contribution in [2.75, 3.05) is 0 Å². The van der Waals surface area contributed by atoms with Crippen molar-refractivity contribution in [3.8, 4) is 0 Å². The van der Waals surface area contributed by atoms with Crippen molar-refractivity contribution in [3.05, 3.63) is 0 Å². The van der Waals surface area contributed by atoms with Crippen LogP contribution >= 0.6 is 0 Å². The SMILES string of the molecule is CC.CC(C)CCCC(C)(C)C. The molecule has 0 N–H and O–H groups in total. The van der Waals surface area contributed by atoms with Crippen LogP contribution in [-0.2, 0) is 0 Å². The van der Waals surface area contributed by atoms with Gasteiger partial charge >= 0.3 is 0 Å². The highest BCUT2D eigenvalue weighted by Crippen LogP contribution is 2.22. The summed E-state index contributed by atoms with van der Waals surface area (Å²) in [5, 5.41) is 0. The van der Waals surface area contributed by atoms with E-state index in [1.54, 1.807) is 0 Å². The normalized spacial score (nSPS) is 11.0. The lowest BCUT2D eigenvalue weighted by Gasteiger charge is -2.18. The van der Waals surface area contributed by atoms with Crippen LogP contribution in [0.4, 0.5) is 0 Å². The molecule has 0 bridgehead atoms. The van der Waals surface area contributed by atoms with Crippen LogP contribution in [0.15, 0.2) is 0 Å². The summed E-state index contributed by atoms with van der Waals surface area (Å²) in [5.74, 6) is 0.877. The minimum absolute atomic E-state index is 0.537. The van der Waals surface area contributed by atoms with E-state index in [1.807, 2.05) is 13.8 Å². The number of rotatable bonds is 3. The lowest BCUT2D eigenvalue weighted by atomic mass is 9.88. The van der Waals surface area contributed by atoms with Gasteiger partial charge in [-0.3, -0.25) is 0 Å². The third-order valence-corrected chi connectivity index (χ3v) is 1.71. The molecule has 12 heavy (non-hydrogen) atoms. The van der Waals surface area contributed by atoms with Gasteiger partial charge in [0.1, 0.15) is 0 Å². The highest BCUT2D eigenvalue weighted by Gasteiger charge is 2.09. The molecule has 0 nitrogen and oxygen atoms in total. The van der Waals surface area contributed by atoms with Crippen LogP contribution in [0.5, 0.6) is 0 Å². The average molecular weight is 172 g/mol. The van der Waals surface area contributed by atoms with Crippen molar-refractivity contribution in [2.45, 2.75) is 67.7 Å². The molecule has 76 valence electrons. The third kappa shape index (κ3) is 16.5. The Balaban J connectivity index is 0. The molecule has 0 aromatic heterocycles. The summed E-state index contributed by atoms with van der Waals surface area (Å²) in [7, 11) is 0. The van der Waals surface area contributed by atoms with Gasteiger partial charge in [0.25, 0.3) is 0 Å². The van der Waals surface area contributed by atoms with E-state index in [0.29, 0.717) is 5.41 Å². The van der Waals surface area contributed by atoms with Crippen LogP contribution in [0.3, 0.4) is 0 Å². The molecule has 0 radical (unpaired) electrons. The predicted molar refractivity (Wildman–Crippen MR) is 59.5 cm³/mol. The zero-order chi connectivity index (χ0) is 10.2. The van der Waals surface area contributed by atoms with E-state index >= 15 is 0 Å². The van der Waals surface area contributed by atoms with Crippen LogP contribution in [0.1, 0.15) is 67.7 Å². The average Bonchev–Trinajstić information content (AvgIpc) is 1.88. The van der Waals surface area contributed by atoms with E-state index < -0.39 is 0 Å². The Morgan fingerprint density at radius 1 is 1.00 bits per heavy atom. The van der Waals surface area contributed by atoms with Crippen LogP contribution in [0.25, 0.3) is 0 Å². The molecule has 0 spiro atoms. The zero-order valence-corrected chi connectivity index (χ0v) is 10.2. The molecule has 0 saturated heterocycles. The van der Waals surface area contributed by atoms with Crippen LogP contribution < -0.4 is 0 Å². The summed E-state index contributed by atoms with van der Waals surface area (Å²) in [6, 6.07) is 0. The lowest BCUT2D eigenvalue weighted by molar-refractivity contribution is 0.347. The molecular formula is C12H28. The Kier molecular flexibility index (Phi) is 9.24. The first-order chi connectivity index (χ1) is 5.42. The van der Waals surface area contributed by atoms with Crippen molar-refractivity contribution in [2.24, 2.45) is 11.3 Å². The Bertz CT molecular complexity index is 74.5. The molecule has 0 aliphatic rings. The minimum atomic E-state index is 0.537. The molecular weight excluding hydrogens is 144 g/mol. The second-order valence-corrected chi connectivity index (χ2v) is 4.85. The number of hydrogen-bond donors (Lipinski definition) is 0. The first kappa shape index (κ1) is 14.5. The van der Waals surface area contributed by atoms with E-state index in [-0.39, 0.29) is 0 Å². The van der Waals surface area contributed by atoms with E-state index in [4.69, 9.17) is 0 Å². The van der Waals surface area contributed by atoms with Crippen molar-refractivity contribution in [1.82, 2.24) is 0 Å². The fourth-order valence-electron chi connectivity index (χ4n) is 1.04. The molecule has 0 aromatic rings. The van der Waals surface area contributed by atoms with Gasteiger partial charge in [0.2, 0.25) is 0 Å². The first-order valence-corrected chi connectivity index (χ1v) is 5.42. The highest BCUT2D eigenvalue weighted by molar-refractivity contribution is 4.61. The molecule has 0 fully saturated rings. The Morgan fingerprint density at radius 3 is 1.67 bits per heavy atom. The summed E-state index contributed by atoms with van der Waals surface area (Å²) in [4.78, 5) is 0. The zero-order valence-electron chi connectivity index (χ0n) is 10.2. The van der Waals surface area contributed by atoms with Crippen molar-refractivity contribution in [1.29, 1.82) is 0 Å². The molecule has 0 saturated carbocycles. The Morgan fingerprint density at radius 2 is 1.42 bits per heavy atom. The van der Waals surface area contributed by atoms with Crippen LogP contribution in [0, 0.1) is 11.3 Å².